The molecule has 1 rings (SSSR count). The molecular weight excluding hydrogens is 336 g/mol. The summed E-state index contributed by atoms with van der Waals surface area (Å²) in [6.45, 7) is 3.81. The number of nitrogens with zero attached hydrogens (tertiary/aromatic N) is 2. The molecule has 0 radical (unpaired) electrons. The molecule has 1 aromatic rings. The minimum atomic E-state index is -1.05. The van der Waals surface area contributed by atoms with Gasteiger partial charge in [0.15, 0.2) is 0 Å². The van der Waals surface area contributed by atoms with Crippen LogP contribution in [0, 0.1) is 17.2 Å². The summed E-state index contributed by atoms with van der Waals surface area (Å²) >= 11 is 0. The van der Waals surface area contributed by atoms with E-state index in [0.717, 1.165) is 12.8 Å². The molecule has 3 N–H and O–H groups in total. The molecule has 8 nitrogen and oxygen atoms in total. The first-order valence-electron chi connectivity index (χ1n) is 8.56. The molecule has 2 amide bonds. The molecule has 0 spiro atoms. The van der Waals surface area contributed by atoms with Crippen LogP contribution in [0.25, 0.3) is 0 Å². The molecule has 140 valence electrons. The number of hydrogen-bond donors (Lipinski definition) is 3. The maximum Gasteiger partial charge on any atom is 0.303 e. The van der Waals surface area contributed by atoms with Crippen molar-refractivity contribution in [3.63, 3.8) is 0 Å². The van der Waals surface area contributed by atoms with Gasteiger partial charge in [-0.25, -0.2) is 4.98 Å². The van der Waals surface area contributed by atoms with Crippen molar-refractivity contribution in [1.82, 2.24) is 10.3 Å². The molecule has 0 aromatic carbocycles. The fraction of sp³-hybridized carbons (Fsp3) is 0.500. The quantitative estimate of drug-likeness (QED) is 0.585. The summed E-state index contributed by atoms with van der Waals surface area (Å²) < 4.78 is 0. The lowest BCUT2D eigenvalue weighted by Gasteiger charge is -2.20. The van der Waals surface area contributed by atoms with Crippen LogP contribution in [0.2, 0.25) is 0 Å². The third-order valence-corrected chi connectivity index (χ3v) is 3.86. The maximum atomic E-state index is 12.4. The van der Waals surface area contributed by atoms with E-state index in [1.54, 1.807) is 6.92 Å². The largest absolute Gasteiger partial charge is 0.481 e. The highest BCUT2D eigenvalue weighted by Gasteiger charge is 2.24. The van der Waals surface area contributed by atoms with Gasteiger partial charge in [0, 0.05) is 12.3 Å². The van der Waals surface area contributed by atoms with E-state index in [1.165, 1.54) is 18.3 Å². The van der Waals surface area contributed by atoms with E-state index in [-0.39, 0.29) is 30.4 Å². The zero-order chi connectivity index (χ0) is 19.5. The van der Waals surface area contributed by atoms with E-state index >= 15 is 0 Å². The first kappa shape index (κ1) is 21.1. The van der Waals surface area contributed by atoms with Gasteiger partial charge in [-0.2, -0.15) is 5.26 Å². The van der Waals surface area contributed by atoms with Crippen molar-refractivity contribution < 1.29 is 19.5 Å². The Morgan fingerprint density at radius 1 is 1.27 bits per heavy atom. The standard InChI is InChI=1S/C18H24N4O4/c1-3-4-5-12(2)17(25)22-15(8-9-16(23)24)18(26)21-14-7-6-13(10-19)20-11-14/h6-7,11-12,15H,3-5,8-9H2,1-2H3,(H,21,26)(H,22,25)(H,23,24). The normalized spacial score (nSPS) is 12.5. The molecule has 2 unspecified atom stereocenters. The minimum absolute atomic E-state index is 0.0168. The van der Waals surface area contributed by atoms with Crippen LogP contribution in [-0.2, 0) is 14.4 Å². The number of carbonyl (C=O) groups is 3. The number of aliphatic carboxylic acids is 1. The average molecular weight is 360 g/mol. The van der Waals surface area contributed by atoms with Gasteiger partial charge in [-0.15, -0.1) is 0 Å². The van der Waals surface area contributed by atoms with Crippen LogP contribution in [0.3, 0.4) is 0 Å². The number of rotatable bonds is 10. The number of aromatic nitrogens is 1. The van der Waals surface area contributed by atoms with Gasteiger partial charge >= 0.3 is 5.97 Å². The molecule has 1 heterocycles. The van der Waals surface area contributed by atoms with Crippen LogP contribution >= 0.6 is 0 Å². The summed E-state index contributed by atoms with van der Waals surface area (Å²) in [4.78, 5) is 39.4. The van der Waals surface area contributed by atoms with Gasteiger partial charge in [-0.3, -0.25) is 14.4 Å². The van der Waals surface area contributed by atoms with Crippen molar-refractivity contribution in [3.05, 3.63) is 24.0 Å². The second-order valence-electron chi connectivity index (χ2n) is 6.07. The number of carboxylic acid groups (broad SMARTS) is 1. The number of amides is 2. The Morgan fingerprint density at radius 3 is 2.54 bits per heavy atom. The Morgan fingerprint density at radius 2 is 2.00 bits per heavy atom. The number of nitriles is 1. The van der Waals surface area contributed by atoms with Crippen LogP contribution in [0.1, 0.15) is 51.6 Å². The average Bonchev–Trinajstić information content (AvgIpc) is 2.63. The second kappa shape index (κ2) is 10.8. The molecule has 0 aliphatic heterocycles. The first-order valence-corrected chi connectivity index (χ1v) is 8.56. The van der Waals surface area contributed by atoms with E-state index in [4.69, 9.17) is 10.4 Å². The molecule has 0 bridgehead atoms. The van der Waals surface area contributed by atoms with E-state index < -0.39 is 17.9 Å². The Balaban J connectivity index is 2.76. The molecule has 0 aliphatic rings. The Hall–Kier alpha value is -2.95. The third kappa shape index (κ3) is 7.30. The van der Waals surface area contributed by atoms with Gasteiger partial charge in [0.25, 0.3) is 0 Å². The van der Waals surface area contributed by atoms with Gasteiger partial charge in [-0.1, -0.05) is 26.7 Å². The number of anilines is 1. The summed E-state index contributed by atoms with van der Waals surface area (Å²) in [6.07, 6.45) is 3.64. The number of carboxylic acids is 1. The Bertz CT molecular complexity index is 667. The number of unbranched alkanes of at least 4 members (excludes halogenated alkanes) is 1. The van der Waals surface area contributed by atoms with Gasteiger partial charge < -0.3 is 15.7 Å². The van der Waals surface area contributed by atoms with Crippen LogP contribution in [0.15, 0.2) is 18.3 Å². The predicted octanol–water partition coefficient (Wildman–Crippen LogP) is 2.07. The fourth-order valence-corrected chi connectivity index (χ4v) is 2.26. The monoisotopic (exact) mass is 360 g/mol. The van der Waals surface area contributed by atoms with Crippen LogP contribution in [0.4, 0.5) is 5.69 Å². The molecular formula is C18H24N4O4. The molecule has 1 aromatic heterocycles. The van der Waals surface area contributed by atoms with E-state index in [2.05, 4.69) is 15.6 Å². The molecule has 0 fully saturated rings. The second-order valence-corrected chi connectivity index (χ2v) is 6.07. The van der Waals surface area contributed by atoms with Gasteiger partial charge in [0.2, 0.25) is 11.8 Å². The highest BCUT2D eigenvalue weighted by Crippen LogP contribution is 2.11. The number of carbonyl (C=O) groups excluding carboxylic acids is 2. The van der Waals surface area contributed by atoms with Gasteiger partial charge in [0.1, 0.15) is 17.8 Å². The van der Waals surface area contributed by atoms with E-state index in [0.29, 0.717) is 12.1 Å². The van der Waals surface area contributed by atoms with Crippen molar-refractivity contribution in [1.29, 1.82) is 5.26 Å². The Labute approximate surface area is 152 Å². The highest BCUT2D eigenvalue weighted by molar-refractivity contribution is 5.97. The maximum absolute atomic E-state index is 12.4. The molecule has 0 saturated heterocycles. The molecule has 0 aliphatic carbocycles. The smallest absolute Gasteiger partial charge is 0.303 e. The summed E-state index contributed by atoms with van der Waals surface area (Å²) in [7, 11) is 0. The number of nitrogens with one attached hydrogen (secondary N) is 2. The first-order chi connectivity index (χ1) is 12.4. The van der Waals surface area contributed by atoms with Crippen molar-refractivity contribution in [2.75, 3.05) is 5.32 Å². The van der Waals surface area contributed by atoms with Crippen molar-refractivity contribution in [2.45, 2.75) is 52.0 Å². The molecule has 26 heavy (non-hydrogen) atoms. The van der Waals surface area contributed by atoms with E-state index in [1.807, 2.05) is 13.0 Å². The number of pyridine rings is 1. The third-order valence-electron chi connectivity index (χ3n) is 3.86. The lowest BCUT2D eigenvalue weighted by Crippen LogP contribution is -2.46. The van der Waals surface area contributed by atoms with Crippen LogP contribution < -0.4 is 10.6 Å². The van der Waals surface area contributed by atoms with Crippen LogP contribution in [0.5, 0.6) is 0 Å². The topological polar surface area (TPSA) is 132 Å². The lowest BCUT2D eigenvalue weighted by atomic mass is 10.0. The summed E-state index contributed by atoms with van der Waals surface area (Å²) in [5.41, 5.74) is 0.575. The SMILES string of the molecule is CCCCC(C)C(=O)NC(CCC(=O)O)C(=O)Nc1ccc(C#N)nc1. The lowest BCUT2D eigenvalue weighted by molar-refractivity contribution is -0.138. The summed E-state index contributed by atoms with van der Waals surface area (Å²) in [6, 6.07) is 3.88. The van der Waals surface area contributed by atoms with Crippen molar-refractivity contribution >= 4 is 23.5 Å². The van der Waals surface area contributed by atoms with E-state index in [9.17, 15) is 14.4 Å². The van der Waals surface area contributed by atoms with Crippen molar-refractivity contribution in [3.8, 4) is 6.07 Å². The number of hydrogen-bond acceptors (Lipinski definition) is 5. The molecule has 0 saturated carbocycles. The van der Waals surface area contributed by atoms with Crippen LogP contribution in [-0.4, -0.2) is 33.9 Å². The summed E-state index contributed by atoms with van der Waals surface area (Å²) in [5.74, 6) is -2.10. The highest BCUT2D eigenvalue weighted by atomic mass is 16.4. The molecule has 2 atom stereocenters. The zero-order valence-corrected chi connectivity index (χ0v) is 15.0. The summed E-state index contributed by atoms with van der Waals surface area (Å²) in [5, 5.41) is 22.8. The minimum Gasteiger partial charge on any atom is -0.481 e. The van der Waals surface area contributed by atoms with Crippen molar-refractivity contribution in [2.24, 2.45) is 5.92 Å². The van der Waals surface area contributed by atoms with Gasteiger partial charge in [-0.05, 0) is 25.0 Å². The Kier molecular flexibility index (Phi) is 8.78. The molecule has 8 heteroatoms. The fourth-order valence-electron chi connectivity index (χ4n) is 2.26. The zero-order valence-electron chi connectivity index (χ0n) is 15.0. The predicted molar refractivity (Wildman–Crippen MR) is 95.1 cm³/mol. The van der Waals surface area contributed by atoms with Gasteiger partial charge in [0.05, 0.1) is 11.9 Å².